The molecule has 0 bridgehead atoms. The summed E-state index contributed by atoms with van der Waals surface area (Å²) in [5.74, 6) is -0.145. The van der Waals surface area contributed by atoms with E-state index in [4.69, 9.17) is 4.74 Å². The third-order valence-corrected chi connectivity index (χ3v) is 1.97. The number of nitrogens with one attached hydrogen (secondary N) is 1. The quantitative estimate of drug-likeness (QED) is 0.734. The molecule has 1 N–H and O–H groups in total. The maximum Gasteiger partial charge on any atom is 0.513 e. The average molecular weight is 209 g/mol. The summed E-state index contributed by atoms with van der Waals surface area (Å²) >= 11 is 0. The minimum Gasteiger partial charge on any atom is -0.437 e. The van der Waals surface area contributed by atoms with Crippen molar-refractivity contribution in [2.75, 3.05) is 7.11 Å². The number of aromatic nitrogens is 1. The lowest BCUT2D eigenvalue weighted by Gasteiger charge is -1.99. The van der Waals surface area contributed by atoms with Crippen LogP contribution in [0.2, 0.25) is 0 Å². The van der Waals surface area contributed by atoms with Gasteiger partial charge in [-0.25, -0.2) is 9.18 Å². The molecule has 1 aromatic heterocycles. The predicted molar refractivity (Wildman–Crippen MR) is 51.3 cm³/mol. The Morgan fingerprint density at radius 2 is 2.27 bits per heavy atom. The number of halogens is 1. The molecule has 78 valence electrons. The lowest BCUT2D eigenvalue weighted by atomic mass is 10.2. The van der Waals surface area contributed by atoms with Gasteiger partial charge < -0.3 is 14.5 Å². The van der Waals surface area contributed by atoms with Gasteiger partial charge in [-0.3, -0.25) is 0 Å². The Bertz CT molecular complexity index is 506. The number of aromatic amines is 1. The van der Waals surface area contributed by atoms with Gasteiger partial charge >= 0.3 is 6.16 Å². The molecule has 0 saturated heterocycles. The number of H-pyrrole nitrogens is 1. The minimum atomic E-state index is -0.833. The molecule has 0 atom stereocenters. The fourth-order valence-corrected chi connectivity index (χ4v) is 1.28. The third kappa shape index (κ3) is 1.76. The van der Waals surface area contributed by atoms with Crippen molar-refractivity contribution < 1.29 is 18.7 Å². The molecule has 0 radical (unpaired) electrons. The van der Waals surface area contributed by atoms with Crippen molar-refractivity contribution in [3.8, 4) is 5.75 Å². The molecule has 0 aliphatic heterocycles. The Labute approximate surface area is 84.6 Å². The van der Waals surface area contributed by atoms with E-state index in [1.807, 2.05) is 0 Å². The number of hydrogen-bond acceptors (Lipinski definition) is 3. The highest BCUT2D eigenvalue weighted by Gasteiger charge is 2.10. The topological polar surface area (TPSA) is 51.3 Å². The molecule has 0 aliphatic rings. The third-order valence-electron chi connectivity index (χ3n) is 1.97. The van der Waals surface area contributed by atoms with Gasteiger partial charge in [0.15, 0.2) is 5.75 Å². The summed E-state index contributed by atoms with van der Waals surface area (Å²) in [5.41, 5.74) is 0.690. The van der Waals surface area contributed by atoms with E-state index >= 15 is 0 Å². The first-order valence-corrected chi connectivity index (χ1v) is 4.23. The summed E-state index contributed by atoms with van der Waals surface area (Å²) < 4.78 is 22.1. The van der Waals surface area contributed by atoms with Crippen molar-refractivity contribution in [3.05, 3.63) is 30.2 Å². The summed E-state index contributed by atoms with van der Waals surface area (Å²) in [6.45, 7) is 0. The minimum absolute atomic E-state index is 0.247. The number of ether oxygens (including phenoxy) is 2. The number of methoxy groups -OCH3 is 1. The first kappa shape index (κ1) is 9.51. The van der Waals surface area contributed by atoms with Crippen LogP contribution >= 0.6 is 0 Å². The summed E-state index contributed by atoms with van der Waals surface area (Å²) in [5, 5.41) is 0.500. The molecule has 0 spiro atoms. The SMILES string of the molecule is COC(=O)Oc1c[nH]c2ccc(F)cc12. The van der Waals surface area contributed by atoms with E-state index in [0.717, 1.165) is 0 Å². The van der Waals surface area contributed by atoms with Gasteiger partial charge in [0, 0.05) is 17.1 Å². The molecular weight excluding hydrogens is 201 g/mol. The van der Waals surface area contributed by atoms with Gasteiger partial charge in [-0.15, -0.1) is 0 Å². The van der Waals surface area contributed by atoms with E-state index in [9.17, 15) is 9.18 Å². The maximum atomic E-state index is 12.9. The Balaban J connectivity index is 2.43. The van der Waals surface area contributed by atoms with Crippen molar-refractivity contribution in [2.24, 2.45) is 0 Å². The second-order valence-corrected chi connectivity index (χ2v) is 2.90. The Kier molecular flexibility index (Phi) is 2.29. The zero-order chi connectivity index (χ0) is 10.8. The molecule has 5 heteroatoms. The van der Waals surface area contributed by atoms with E-state index in [0.29, 0.717) is 10.9 Å². The number of hydrogen-bond donors (Lipinski definition) is 1. The fraction of sp³-hybridized carbons (Fsp3) is 0.100. The van der Waals surface area contributed by atoms with Crippen LogP contribution in [0.25, 0.3) is 10.9 Å². The first-order valence-electron chi connectivity index (χ1n) is 4.23. The molecular formula is C10H8FNO3. The van der Waals surface area contributed by atoms with Gasteiger partial charge in [0.2, 0.25) is 0 Å². The summed E-state index contributed by atoms with van der Waals surface area (Å²) in [7, 11) is 1.21. The molecule has 1 aromatic carbocycles. The summed E-state index contributed by atoms with van der Waals surface area (Å²) in [6.07, 6.45) is 0.640. The molecule has 4 nitrogen and oxygen atoms in total. The smallest absolute Gasteiger partial charge is 0.437 e. The molecule has 2 aromatic rings. The monoisotopic (exact) mass is 209 g/mol. The highest BCUT2D eigenvalue weighted by Crippen LogP contribution is 2.26. The van der Waals surface area contributed by atoms with Crippen molar-refractivity contribution in [3.63, 3.8) is 0 Å². The van der Waals surface area contributed by atoms with Crippen LogP contribution in [0.15, 0.2) is 24.4 Å². The van der Waals surface area contributed by atoms with E-state index in [1.165, 1.54) is 25.4 Å². The van der Waals surface area contributed by atoms with Gasteiger partial charge in [0.25, 0.3) is 0 Å². The second kappa shape index (κ2) is 3.61. The number of fused-ring (bicyclic) bond motifs is 1. The molecule has 0 amide bonds. The number of rotatable bonds is 1. The molecule has 0 aliphatic carbocycles. The summed E-state index contributed by atoms with van der Waals surface area (Å²) in [6, 6.07) is 4.17. The van der Waals surface area contributed by atoms with Crippen LogP contribution in [0.4, 0.5) is 9.18 Å². The Morgan fingerprint density at radius 3 is 3.00 bits per heavy atom. The molecule has 1 heterocycles. The van der Waals surface area contributed by atoms with E-state index in [-0.39, 0.29) is 5.75 Å². The number of carbonyl (C=O) groups is 1. The Hall–Kier alpha value is -2.04. The molecule has 0 saturated carbocycles. The van der Waals surface area contributed by atoms with Crippen LogP contribution in [-0.2, 0) is 4.74 Å². The lowest BCUT2D eigenvalue weighted by Crippen LogP contribution is -2.06. The first-order chi connectivity index (χ1) is 7.20. The van der Waals surface area contributed by atoms with Crippen molar-refractivity contribution >= 4 is 17.1 Å². The highest BCUT2D eigenvalue weighted by molar-refractivity contribution is 5.87. The van der Waals surface area contributed by atoms with Gasteiger partial charge in [0.1, 0.15) is 5.82 Å². The summed E-state index contributed by atoms with van der Waals surface area (Å²) in [4.78, 5) is 13.7. The van der Waals surface area contributed by atoms with Gasteiger partial charge in [-0.05, 0) is 18.2 Å². The largest absolute Gasteiger partial charge is 0.513 e. The van der Waals surface area contributed by atoms with Gasteiger partial charge in [-0.1, -0.05) is 0 Å². The molecule has 0 unspecified atom stereocenters. The predicted octanol–water partition coefficient (Wildman–Crippen LogP) is 2.45. The van der Waals surface area contributed by atoms with E-state index in [2.05, 4.69) is 9.72 Å². The highest BCUT2D eigenvalue weighted by atomic mass is 19.1. The molecule has 15 heavy (non-hydrogen) atoms. The van der Waals surface area contributed by atoms with Crippen LogP contribution < -0.4 is 4.74 Å². The fourth-order valence-electron chi connectivity index (χ4n) is 1.28. The van der Waals surface area contributed by atoms with E-state index in [1.54, 1.807) is 6.07 Å². The second-order valence-electron chi connectivity index (χ2n) is 2.90. The van der Waals surface area contributed by atoms with Crippen LogP contribution in [0.1, 0.15) is 0 Å². The van der Waals surface area contributed by atoms with Crippen molar-refractivity contribution in [1.29, 1.82) is 0 Å². The van der Waals surface area contributed by atoms with Crippen molar-refractivity contribution in [1.82, 2.24) is 4.98 Å². The Morgan fingerprint density at radius 1 is 1.47 bits per heavy atom. The van der Waals surface area contributed by atoms with Crippen LogP contribution in [0, 0.1) is 5.82 Å². The van der Waals surface area contributed by atoms with Crippen LogP contribution in [0.5, 0.6) is 5.75 Å². The normalized spacial score (nSPS) is 10.3. The average Bonchev–Trinajstić information content (AvgIpc) is 2.61. The zero-order valence-corrected chi connectivity index (χ0v) is 7.91. The van der Waals surface area contributed by atoms with E-state index < -0.39 is 12.0 Å². The maximum absolute atomic E-state index is 12.9. The number of benzene rings is 1. The van der Waals surface area contributed by atoms with Crippen LogP contribution in [0.3, 0.4) is 0 Å². The van der Waals surface area contributed by atoms with Crippen LogP contribution in [-0.4, -0.2) is 18.2 Å². The lowest BCUT2D eigenvalue weighted by molar-refractivity contribution is 0.122. The molecule has 2 rings (SSSR count). The molecule has 0 fully saturated rings. The van der Waals surface area contributed by atoms with Gasteiger partial charge in [0.05, 0.1) is 7.11 Å². The van der Waals surface area contributed by atoms with Crippen molar-refractivity contribution in [2.45, 2.75) is 0 Å². The van der Waals surface area contributed by atoms with Gasteiger partial charge in [-0.2, -0.15) is 0 Å². The number of carbonyl (C=O) groups excluding carboxylic acids is 1. The zero-order valence-electron chi connectivity index (χ0n) is 7.91. The standard InChI is InChI=1S/C10H8FNO3/c1-14-10(13)15-9-5-12-8-3-2-6(11)4-7(8)9/h2-5,12H,1H3.